The van der Waals surface area contributed by atoms with Crippen molar-refractivity contribution in [1.29, 1.82) is 0 Å². The SMILES string of the molecule is CC(=O)c1ccc(-c2ccccc2[N+](=O)[O-])cc1. The third kappa shape index (κ3) is 2.27. The Hall–Kier alpha value is -2.49. The molecule has 0 amide bonds. The monoisotopic (exact) mass is 241 g/mol. The Balaban J connectivity index is 2.49. The van der Waals surface area contributed by atoms with Gasteiger partial charge in [0.15, 0.2) is 5.78 Å². The molecular weight excluding hydrogens is 230 g/mol. The summed E-state index contributed by atoms with van der Waals surface area (Å²) in [5.41, 5.74) is 1.94. The molecule has 2 aromatic carbocycles. The van der Waals surface area contributed by atoms with Gasteiger partial charge in [-0.25, -0.2) is 0 Å². The number of nitro benzene ring substituents is 1. The zero-order valence-corrected chi connectivity index (χ0v) is 9.79. The largest absolute Gasteiger partial charge is 0.295 e. The van der Waals surface area contributed by atoms with Crippen molar-refractivity contribution in [1.82, 2.24) is 0 Å². The van der Waals surface area contributed by atoms with Crippen molar-refractivity contribution in [2.24, 2.45) is 0 Å². The first kappa shape index (κ1) is 12.0. The maximum atomic E-state index is 11.2. The second-order valence-corrected chi connectivity index (χ2v) is 3.91. The molecule has 0 unspecified atom stereocenters. The number of nitro groups is 1. The van der Waals surface area contributed by atoms with Gasteiger partial charge in [0, 0.05) is 11.6 Å². The van der Waals surface area contributed by atoms with Crippen LogP contribution in [0, 0.1) is 10.1 Å². The van der Waals surface area contributed by atoms with Gasteiger partial charge in [-0.05, 0) is 18.6 Å². The number of benzene rings is 2. The van der Waals surface area contributed by atoms with Crippen LogP contribution in [0.4, 0.5) is 5.69 Å². The third-order valence-corrected chi connectivity index (χ3v) is 2.70. The Morgan fingerprint density at radius 3 is 2.22 bits per heavy atom. The van der Waals surface area contributed by atoms with Crippen LogP contribution in [-0.2, 0) is 0 Å². The molecule has 0 heterocycles. The lowest BCUT2D eigenvalue weighted by molar-refractivity contribution is -0.384. The van der Waals surface area contributed by atoms with Crippen LogP contribution in [0.3, 0.4) is 0 Å². The number of carbonyl (C=O) groups excluding carboxylic acids is 1. The van der Waals surface area contributed by atoms with Crippen LogP contribution in [0.2, 0.25) is 0 Å². The molecule has 0 saturated heterocycles. The number of nitrogens with zero attached hydrogens (tertiary/aromatic N) is 1. The van der Waals surface area contributed by atoms with Gasteiger partial charge in [0.25, 0.3) is 5.69 Å². The van der Waals surface area contributed by atoms with E-state index in [9.17, 15) is 14.9 Å². The maximum Gasteiger partial charge on any atom is 0.277 e. The normalized spacial score (nSPS) is 10.1. The molecule has 0 aromatic heterocycles. The second kappa shape index (κ2) is 4.79. The summed E-state index contributed by atoms with van der Waals surface area (Å²) in [5.74, 6) is -0.0240. The first-order chi connectivity index (χ1) is 8.59. The highest BCUT2D eigenvalue weighted by Gasteiger charge is 2.13. The van der Waals surface area contributed by atoms with Gasteiger partial charge in [-0.2, -0.15) is 0 Å². The van der Waals surface area contributed by atoms with Crippen molar-refractivity contribution in [3.8, 4) is 11.1 Å². The minimum Gasteiger partial charge on any atom is -0.295 e. The average molecular weight is 241 g/mol. The van der Waals surface area contributed by atoms with Crippen molar-refractivity contribution in [2.45, 2.75) is 6.92 Å². The summed E-state index contributed by atoms with van der Waals surface area (Å²) in [6, 6.07) is 13.3. The molecule has 0 aliphatic rings. The molecule has 0 radical (unpaired) electrons. The summed E-state index contributed by atoms with van der Waals surface area (Å²) in [6.45, 7) is 1.49. The fourth-order valence-electron chi connectivity index (χ4n) is 1.76. The molecule has 0 fully saturated rings. The minimum absolute atomic E-state index is 0.0240. The molecule has 18 heavy (non-hydrogen) atoms. The molecule has 2 aromatic rings. The topological polar surface area (TPSA) is 60.2 Å². The van der Waals surface area contributed by atoms with E-state index in [0.717, 1.165) is 5.56 Å². The minimum atomic E-state index is -0.409. The molecule has 0 spiro atoms. The van der Waals surface area contributed by atoms with Crippen molar-refractivity contribution in [3.05, 3.63) is 64.2 Å². The summed E-state index contributed by atoms with van der Waals surface area (Å²) in [7, 11) is 0. The van der Waals surface area contributed by atoms with Crippen LogP contribution in [0.5, 0.6) is 0 Å². The lowest BCUT2D eigenvalue weighted by Gasteiger charge is -2.03. The molecule has 0 saturated carbocycles. The van der Waals surface area contributed by atoms with E-state index in [2.05, 4.69) is 0 Å². The fraction of sp³-hybridized carbons (Fsp3) is 0.0714. The van der Waals surface area contributed by atoms with Gasteiger partial charge < -0.3 is 0 Å². The van der Waals surface area contributed by atoms with Crippen molar-refractivity contribution >= 4 is 11.5 Å². The van der Waals surface area contributed by atoms with Gasteiger partial charge in [-0.15, -0.1) is 0 Å². The smallest absolute Gasteiger partial charge is 0.277 e. The Kier molecular flexibility index (Phi) is 3.19. The Labute approximate surface area is 104 Å². The molecule has 0 bridgehead atoms. The number of hydrogen-bond acceptors (Lipinski definition) is 3. The van der Waals surface area contributed by atoms with Crippen LogP contribution in [0.25, 0.3) is 11.1 Å². The van der Waals surface area contributed by atoms with Crippen molar-refractivity contribution in [2.75, 3.05) is 0 Å². The summed E-state index contributed by atoms with van der Waals surface area (Å²) in [6.07, 6.45) is 0. The van der Waals surface area contributed by atoms with Crippen LogP contribution in [-0.4, -0.2) is 10.7 Å². The molecule has 2 rings (SSSR count). The molecule has 90 valence electrons. The van der Waals surface area contributed by atoms with E-state index in [-0.39, 0.29) is 11.5 Å². The zero-order chi connectivity index (χ0) is 13.1. The molecule has 0 N–H and O–H groups in total. The number of Topliss-reactive ketones (excluding diaryl/α,β-unsaturated/α-hetero) is 1. The van der Waals surface area contributed by atoms with Crippen molar-refractivity contribution in [3.63, 3.8) is 0 Å². The van der Waals surface area contributed by atoms with Gasteiger partial charge in [-0.3, -0.25) is 14.9 Å². The molecular formula is C14H11NO3. The highest BCUT2D eigenvalue weighted by Crippen LogP contribution is 2.29. The van der Waals surface area contributed by atoms with Gasteiger partial charge in [0.1, 0.15) is 0 Å². The Morgan fingerprint density at radius 1 is 1.06 bits per heavy atom. The van der Waals surface area contributed by atoms with E-state index in [0.29, 0.717) is 11.1 Å². The third-order valence-electron chi connectivity index (χ3n) is 2.70. The molecule has 4 nitrogen and oxygen atoms in total. The predicted molar refractivity (Wildman–Crippen MR) is 68.5 cm³/mol. The fourth-order valence-corrected chi connectivity index (χ4v) is 1.76. The second-order valence-electron chi connectivity index (χ2n) is 3.91. The highest BCUT2D eigenvalue weighted by molar-refractivity contribution is 5.94. The van der Waals surface area contributed by atoms with Crippen LogP contribution < -0.4 is 0 Å². The molecule has 0 aliphatic carbocycles. The number of ketones is 1. The highest BCUT2D eigenvalue weighted by atomic mass is 16.6. The molecule has 0 aliphatic heterocycles. The lowest BCUT2D eigenvalue weighted by Crippen LogP contribution is -1.93. The number of hydrogen-bond donors (Lipinski definition) is 0. The van der Waals surface area contributed by atoms with Gasteiger partial charge in [-0.1, -0.05) is 36.4 Å². The van der Waals surface area contributed by atoms with Crippen molar-refractivity contribution < 1.29 is 9.72 Å². The number of carbonyl (C=O) groups is 1. The van der Waals surface area contributed by atoms with Gasteiger partial charge >= 0.3 is 0 Å². The summed E-state index contributed by atoms with van der Waals surface area (Å²) in [4.78, 5) is 21.7. The first-order valence-corrected chi connectivity index (χ1v) is 5.44. The van der Waals surface area contributed by atoms with Gasteiger partial charge in [0.2, 0.25) is 0 Å². The van der Waals surface area contributed by atoms with E-state index in [1.54, 1.807) is 42.5 Å². The Morgan fingerprint density at radius 2 is 1.67 bits per heavy atom. The Bertz CT molecular complexity index is 603. The van der Waals surface area contributed by atoms with Gasteiger partial charge in [0.05, 0.1) is 10.5 Å². The first-order valence-electron chi connectivity index (χ1n) is 5.44. The quantitative estimate of drug-likeness (QED) is 0.469. The maximum absolute atomic E-state index is 11.2. The van der Waals surface area contributed by atoms with E-state index in [1.165, 1.54) is 13.0 Å². The van der Waals surface area contributed by atoms with Crippen LogP contribution in [0.15, 0.2) is 48.5 Å². The van der Waals surface area contributed by atoms with Crippen LogP contribution in [0.1, 0.15) is 17.3 Å². The summed E-state index contributed by atoms with van der Waals surface area (Å²) in [5, 5.41) is 10.9. The lowest BCUT2D eigenvalue weighted by atomic mass is 10.0. The van der Waals surface area contributed by atoms with E-state index < -0.39 is 4.92 Å². The standard InChI is InChI=1S/C14H11NO3/c1-10(16)11-6-8-12(9-7-11)13-4-2-3-5-14(13)15(17)18/h2-9H,1H3. The molecule has 0 atom stereocenters. The average Bonchev–Trinajstić information content (AvgIpc) is 2.39. The zero-order valence-electron chi connectivity index (χ0n) is 9.79. The predicted octanol–water partition coefficient (Wildman–Crippen LogP) is 3.46. The summed E-state index contributed by atoms with van der Waals surface area (Å²) < 4.78 is 0. The van der Waals surface area contributed by atoms with E-state index >= 15 is 0 Å². The van der Waals surface area contributed by atoms with Crippen LogP contribution >= 0.6 is 0 Å². The van der Waals surface area contributed by atoms with E-state index in [4.69, 9.17) is 0 Å². The summed E-state index contributed by atoms with van der Waals surface area (Å²) >= 11 is 0. The van der Waals surface area contributed by atoms with E-state index in [1.807, 2.05) is 0 Å². The molecule has 4 heteroatoms. The number of rotatable bonds is 3. The number of para-hydroxylation sites is 1.